The van der Waals surface area contributed by atoms with Gasteiger partial charge >= 0.3 is 0 Å². The number of carbonyl (C=O) groups is 1. The first-order valence-corrected chi connectivity index (χ1v) is 7.98. The predicted molar refractivity (Wildman–Crippen MR) is 82.9 cm³/mol. The van der Waals surface area contributed by atoms with E-state index < -0.39 is 24.4 Å². The highest BCUT2D eigenvalue weighted by molar-refractivity contribution is 5.78. The van der Waals surface area contributed by atoms with Crippen molar-refractivity contribution in [1.82, 2.24) is 5.32 Å². The number of aliphatic hydroxyl groups is 3. The average molecular weight is 315 g/mol. The number of allylic oxidation sites excluding steroid dienone is 1. The van der Waals surface area contributed by atoms with Crippen LogP contribution in [0.2, 0.25) is 0 Å². The van der Waals surface area contributed by atoms with Crippen LogP contribution in [-0.4, -0.2) is 52.2 Å². The molecule has 1 heterocycles. The van der Waals surface area contributed by atoms with E-state index in [9.17, 15) is 20.1 Å². The van der Waals surface area contributed by atoms with E-state index >= 15 is 0 Å². The van der Waals surface area contributed by atoms with Crippen molar-refractivity contribution in [3.63, 3.8) is 0 Å². The third kappa shape index (κ3) is 4.69. The van der Waals surface area contributed by atoms with Crippen molar-refractivity contribution in [1.29, 1.82) is 0 Å². The molecule has 0 bridgehead atoms. The second kappa shape index (κ2) is 8.50. The highest BCUT2D eigenvalue weighted by Crippen LogP contribution is 2.26. The fraction of sp³-hybridized carbons (Fsp3) is 0.812. The van der Waals surface area contributed by atoms with Crippen LogP contribution in [0, 0.1) is 11.8 Å². The maximum absolute atomic E-state index is 11.9. The monoisotopic (exact) mass is 315 g/mol. The van der Waals surface area contributed by atoms with E-state index in [0.717, 1.165) is 12.8 Å². The van der Waals surface area contributed by atoms with E-state index in [1.165, 1.54) is 0 Å². The van der Waals surface area contributed by atoms with Crippen molar-refractivity contribution in [2.24, 2.45) is 11.8 Å². The Labute approximate surface area is 132 Å². The molecule has 22 heavy (non-hydrogen) atoms. The van der Waals surface area contributed by atoms with E-state index in [4.69, 9.17) is 4.74 Å². The van der Waals surface area contributed by atoms with Gasteiger partial charge < -0.3 is 25.4 Å². The molecule has 128 valence electrons. The van der Waals surface area contributed by atoms with Gasteiger partial charge in [-0.05, 0) is 25.8 Å². The lowest BCUT2D eigenvalue weighted by Crippen LogP contribution is -2.51. The lowest BCUT2D eigenvalue weighted by atomic mass is 9.89. The SMILES string of the molecule is CCC(CC)C(=O)NC[C@H](O)[C@H](O)C1OC(C)=CC(O)[C@H]1C. The first-order chi connectivity index (χ1) is 10.3. The molecule has 2 unspecified atom stereocenters. The van der Waals surface area contributed by atoms with Gasteiger partial charge in [0.15, 0.2) is 0 Å². The van der Waals surface area contributed by atoms with Crippen LogP contribution in [0.25, 0.3) is 0 Å². The van der Waals surface area contributed by atoms with Crippen LogP contribution >= 0.6 is 0 Å². The molecule has 0 radical (unpaired) electrons. The van der Waals surface area contributed by atoms with Crippen LogP contribution in [0.15, 0.2) is 11.8 Å². The Hall–Kier alpha value is -1.11. The van der Waals surface area contributed by atoms with Gasteiger partial charge in [0.25, 0.3) is 0 Å². The molecule has 0 spiro atoms. The normalized spacial score (nSPS) is 27.8. The molecule has 1 rings (SSSR count). The number of carbonyl (C=O) groups excluding carboxylic acids is 1. The summed E-state index contributed by atoms with van der Waals surface area (Å²) in [4.78, 5) is 11.9. The third-order valence-electron chi connectivity index (χ3n) is 4.36. The molecule has 0 aliphatic carbocycles. The van der Waals surface area contributed by atoms with Gasteiger partial charge in [-0.3, -0.25) is 4.79 Å². The van der Waals surface area contributed by atoms with Gasteiger partial charge in [-0.25, -0.2) is 0 Å². The molecule has 0 aromatic carbocycles. The van der Waals surface area contributed by atoms with Crippen LogP contribution in [0.5, 0.6) is 0 Å². The Morgan fingerprint density at radius 2 is 1.95 bits per heavy atom. The molecule has 0 saturated heterocycles. The van der Waals surface area contributed by atoms with Crippen molar-refractivity contribution in [2.45, 2.75) is 65.0 Å². The molecule has 1 aliphatic heterocycles. The Morgan fingerprint density at radius 3 is 2.50 bits per heavy atom. The van der Waals surface area contributed by atoms with Crippen molar-refractivity contribution < 1.29 is 24.9 Å². The second-order valence-electron chi connectivity index (χ2n) is 6.03. The Kier molecular flexibility index (Phi) is 7.32. The lowest BCUT2D eigenvalue weighted by Gasteiger charge is -2.36. The zero-order valence-corrected chi connectivity index (χ0v) is 13.8. The van der Waals surface area contributed by atoms with Crippen molar-refractivity contribution in [2.75, 3.05) is 6.54 Å². The van der Waals surface area contributed by atoms with E-state index in [2.05, 4.69) is 5.32 Å². The molecule has 5 atom stereocenters. The second-order valence-corrected chi connectivity index (χ2v) is 6.03. The number of amides is 1. The minimum atomic E-state index is -1.18. The van der Waals surface area contributed by atoms with Crippen LogP contribution in [0.3, 0.4) is 0 Å². The molecule has 0 saturated carbocycles. The maximum Gasteiger partial charge on any atom is 0.223 e. The fourth-order valence-electron chi connectivity index (χ4n) is 2.68. The van der Waals surface area contributed by atoms with Gasteiger partial charge in [-0.1, -0.05) is 20.8 Å². The van der Waals surface area contributed by atoms with Crippen LogP contribution in [0.4, 0.5) is 0 Å². The molecular formula is C16H29NO5. The zero-order chi connectivity index (χ0) is 16.9. The molecule has 4 N–H and O–H groups in total. The zero-order valence-electron chi connectivity index (χ0n) is 13.8. The number of hydrogen-bond acceptors (Lipinski definition) is 5. The maximum atomic E-state index is 11.9. The predicted octanol–water partition coefficient (Wildman–Crippen LogP) is 0.560. The Bertz CT molecular complexity index is 394. The van der Waals surface area contributed by atoms with Crippen molar-refractivity contribution in [3.05, 3.63) is 11.8 Å². The molecule has 6 nitrogen and oxygen atoms in total. The van der Waals surface area contributed by atoms with Crippen LogP contribution in [-0.2, 0) is 9.53 Å². The summed E-state index contributed by atoms with van der Waals surface area (Å²) < 4.78 is 5.53. The summed E-state index contributed by atoms with van der Waals surface area (Å²) in [7, 11) is 0. The third-order valence-corrected chi connectivity index (χ3v) is 4.36. The first-order valence-electron chi connectivity index (χ1n) is 7.98. The fourth-order valence-corrected chi connectivity index (χ4v) is 2.68. The summed E-state index contributed by atoms with van der Waals surface area (Å²) in [6.07, 6.45) is -0.714. The Balaban J connectivity index is 2.56. The average Bonchev–Trinajstić information content (AvgIpc) is 2.48. The van der Waals surface area contributed by atoms with Crippen LogP contribution in [0.1, 0.15) is 40.5 Å². The molecule has 1 aliphatic rings. The topological polar surface area (TPSA) is 99.0 Å². The standard InChI is InChI=1S/C16H29NO5/c1-5-11(6-2)16(21)17-8-13(19)14(20)15-10(4)12(18)7-9(3)22-15/h7,10-15,18-20H,5-6,8H2,1-4H3,(H,17,21)/t10-,12?,13+,14+,15?/m1/s1. The van der Waals surface area contributed by atoms with Gasteiger partial charge in [-0.15, -0.1) is 0 Å². The molecule has 0 aromatic heterocycles. The number of aliphatic hydroxyl groups excluding tert-OH is 3. The summed E-state index contributed by atoms with van der Waals surface area (Å²) in [5.74, 6) is -0.0304. The lowest BCUT2D eigenvalue weighted by molar-refractivity contribution is -0.129. The largest absolute Gasteiger partial charge is 0.492 e. The quantitative estimate of drug-likeness (QED) is 0.550. The minimum absolute atomic E-state index is 0.0397. The molecule has 0 aromatic rings. The van der Waals surface area contributed by atoms with Crippen molar-refractivity contribution in [3.8, 4) is 0 Å². The van der Waals surface area contributed by atoms with Gasteiger partial charge in [0.1, 0.15) is 18.3 Å². The van der Waals surface area contributed by atoms with Gasteiger partial charge in [0.2, 0.25) is 5.91 Å². The highest BCUT2D eigenvalue weighted by Gasteiger charge is 2.38. The van der Waals surface area contributed by atoms with Gasteiger partial charge in [-0.2, -0.15) is 0 Å². The number of rotatable bonds is 7. The smallest absolute Gasteiger partial charge is 0.223 e. The summed E-state index contributed by atoms with van der Waals surface area (Å²) in [5, 5.41) is 32.9. The molecule has 0 fully saturated rings. The summed E-state index contributed by atoms with van der Waals surface area (Å²) in [5.41, 5.74) is 0. The molecule has 6 heteroatoms. The first kappa shape index (κ1) is 18.9. The van der Waals surface area contributed by atoms with Gasteiger partial charge in [0.05, 0.1) is 11.9 Å². The Morgan fingerprint density at radius 1 is 1.36 bits per heavy atom. The number of hydrogen-bond donors (Lipinski definition) is 4. The van der Waals surface area contributed by atoms with E-state index in [1.807, 2.05) is 13.8 Å². The van der Waals surface area contributed by atoms with E-state index in [0.29, 0.717) is 5.76 Å². The molecular weight excluding hydrogens is 286 g/mol. The summed E-state index contributed by atoms with van der Waals surface area (Å²) >= 11 is 0. The summed E-state index contributed by atoms with van der Waals surface area (Å²) in [6, 6.07) is 0. The highest BCUT2D eigenvalue weighted by atomic mass is 16.5. The molecule has 1 amide bonds. The van der Waals surface area contributed by atoms with E-state index in [-0.39, 0.29) is 24.3 Å². The minimum Gasteiger partial charge on any atom is -0.492 e. The number of ether oxygens (including phenoxy) is 1. The summed E-state index contributed by atoms with van der Waals surface area (Å²) in [6.45, 7) is 7.27. The number of nitrogens with one attached hydrogen (secondary N) is 1. The van der Waals surface area contributed by atoms with Crippen molar-refractivity contribution >= 4 is 5.91 Å². The van der Waals surface area contributed by atoms with Gasteiger partial charge in [0, 0.05) is 18.4 Å². The van der Waals surface area contributed by atoms with E-state index in [1.54, 1.807) is 19.9 Å². The van der Waals surface area contributed by atoms with Crippen LogP contribution < -0.4 is 5.32 Å².